The summed E-state index contributed by atoms with van der Waals surface area (Å²) in [5, 5.41) is 7.25. The minimum absolute atomic E-state index is 0.911. The molecule has 0 spiro atoms. The highest BCUT2D eigenvalue weighted by molar-refractivity contribution is 8.00. The van der Waals surface area contributed by atoms with E-state index < -0.39 is 0 Å². The van der Waals surface area contributed by atoms with Crippen molar-refractivity contribution < 1.29 is 0 Å². The van der Waals surface area contributed by atoms with Crippen LogP contribution in [0.1, 0.15) is 11.1 Å². The van der Waals surface area contributed by atoms with Gasteiger partial charge in [-0.25, -0.2) is 0 Å². The Morgan fingerprint density at radius 1 is 0.564 bits per heavy atom. The molecule has 6 rings (SSSR count). The molecule has 0 bridgehead atoms. The van der Waals surface area contributed by atoms with Gasteiger partial charge in [-0.15, -0.1) is 0 Å². The average molecular weight is 571 g/mol. The van der Waals surface area contributed by atoms with Crippen molar-refractivity contribution in [2.24, 2.45) is 0 Å². The number of nitrogens with zero attached hydrogens (tertiary/aromatic N) is 2. The van der Waals surface area contributed by atoms with Crippen molar-refractivity contribution >= 4 is 58.0 Å². The van der Waals surface area contributed by atoms with Crippen LogP contribution in [0.25, 0.3) is 0 Å². The molecule has 0 atom stereocenters. The molecule has 0 aliphatic carbocycles. The van der Waals surface area contributed by atoms with E-state index in [4.69, 9.17) is 0 Å². The third-order valence-corrected chi connectivity index (χ3v) is 10.4. The van der Waals surface area contributed by atoms with Crippen molar-refractivity contribution in [3.63, 3.8) is 0 Å². The molecule has 0 saturated carbocycles. The predicted molar refractivity (Wildman–Crippen MR) is 171 cm³/mol. The summed E-state index contributed by atoms with van der Waals surface area (Å²) in [7, 11) is 4.32. The van der Waals surface area contributed by atoms with Crippen LogP contribution in [-0.4, -0.2) is 38.7 Å². The molecule has 0 aromatic heterocycles. The lowest BCUT2D eigenvalue weighted by molar-refractivity contribution is 0.723. The second kappa shape index (κ2) is 12.3. The molecule has 7 heteroatoms. The zero-order valence-corrected chi connectivity index (χ0v) is 24.9. The van der Waals surface area contributed by atoms with Crippen LogP contribution in [0.2, 0.25) is 0 Å². The molecule has 39 heavy (non-hydrogen) atoms. The molecule has 4 nitrogen and oxygen atoms in total. The predicted octanol–water partition coefficient (Wildman–Crippen LogP) is 7.76. The number of hydrogen-bond acceptors (Lipinski definition) is 7. The number of para-hydroxylation sites is 2. The number of rotatable bonds is 10. The van der Waals surface area contributed by atoms with E-state index in [2.05, 4.69) is 119 Å². The summed E-state index contributed by atoms with van der Waals surface area (Å²) in [5.74, 6) is 2.25. The summed E-state index contributed by atoms with van der Waals surface area (Å²) in [5.41, 5.74) is 7.84. The van der Waals surface area contributed by atoms with Crippen molar-refractivity contribution in [3.8, 4) is 0 Å². The lowest BCUT2D eigenvalue weighted by Gasteiger charge is -2.29. The molecule has 0 radical (unpaired) electrons. The lowest BCUT2D eigenvalue weighted by Crippen LogP contribution is -2.20. The largest absolute Gasteiger partial charge is 0.343 e. The first-order valence-corrected chi connectivity index (χ1v) is 16.2. The van der Waals surface area contributed by atoms with Crippen LogP contribution in [0, 0.1) is 0 Å². The number of fused-ring (bicyclic) bond motifs is 4. The number of hydrogen-bond donors (Lipinski definition) is 2. The van der Waals surface area contributed by atoms with Crippen LogP contribution in [0.3, 0.4) is 0 Å². The maximum Gasteiger partial charge on any atom is 0.0550 e. The summed E-state index contributed by atoms with van der Waals surface area (Å²) in [4.78, 5) is 9.92. The Morgan fingerprint density at radius 3 is 1.49 bits per heavy atom. The van der Waals surface area contributed by atoms with Gasteiger partial charge >= 0.3 is 0 Å². The van der Waals surface area contributed by atoms with Gasteiger partial charge in [0.05, 0.1) is 22.7 Å². The SMILES string of the molecule is CN1c2ccccc2Sc2cc(CNCCSCCNCc3ccc4c(c3)Sc3ccccc3N4C)ccc21. The number of thioether (sulfide) groups is 1. The van der Waals surface area contributed by atoms with Crippen LogP contribution in [0.5, 0.6) is 0 Å². The second-order valence-corrected chi connectivity index (χ2v) is 13.2. The first kappa shape index (κ1) is 26.7. The van der Waals surface area contributed by atoms with Crippen LogP contribution in [-0.2, 0) is 13.1 Å². The first-order chi connectivity index (χ1) is 19.2. The first-order valence-electron chi connectivity index (χ1n) is 13.4. The molecule has 0 fully saturated rings. The van der Waals surface area contributed by atoms with Crippen LogP contribution in [0.15, 0.2) is 105 Å². The van der Waals surface area contributed by atoms with Gasteiger partial charge in [0.1, 0.15) is 0 Å². The molecule has 2 heterocycles. The third kappa shape index (κ3) is 5.98. The van der Waals surface area contributed by atoms with E-state index in [0.717, 1.165) is 37.7 Å². The fourth-order valence-corrected chi connectivity index (χ4v) is 8.26. The number of nitrogens with one attached hydrogen (secondary N) is 2. The topological polar surface area (TPSA) is 30.5 Å². The summed E-state index contributed by atoms with van der Waals surface area (Å²) >= 11 is 5.76. The summed E-state index contributed by atoms with van der Waals surface area (Å²) in [6, 6.07) is 31.0. The van der Waals surface area contributed by atoms with Gasteiger partial charge in [-0.1, -0.05) is 59.9 Å². The molecule has 0 saturated heterocycles. The quantitative estimate of drug-likeness (QED) is 0.188. The van der Waals surface area contributed by atoms with E-state index in [1.165, 1.54) is 53.5 Å². The van der Waals surface area contributed by atoms with Gasteiger partial charge in [-0.3, -0.25) is 0 Å². The van der Waals surface area contributed by atoms with E-state index in [1.807, 2.05) is 35.3 Å². The fraction of sp³-hybridized carbons (Fsp3) is 0.250. The van der Waals surface area contributed by atoms with Gasteiger partial charge in [-0.05, 0) is 59.7 Å². The minimum atomic E-state index is 0.911. The standard InChI is InChI=1S/C32H34N4S3/c1-35-25-7-3-5-9-29(25)38-31-19-23(11-13-27(31)35)21-33-15-17-37-18-16-34-22-24-12-14-28-32(20-24)39-30-10-6-4-8-26(30)36(28)2/h3-14,19-20,33-34H,15-18,21-22H2,1-2H3. The van der Waals surface area contributed by atoms with Gasteiger partial charge in [-0.2, -0.15) is 11.8 Å². The normalized spacial score (nSPS) is 13.5. The third-order valence-electron chi connectivity index (χ3n) is 7.17. The molecule has 2 aliphatic heterocycles. The maximum absolute atomic E-state index is 3.62. The zero-order chi connectivity index (χ0) is 26.6. The molecular formula is C32H34N4S3. The van der Waals surface area contributed by atoms with Gasteiger partial charge in [0.15, 0.2) is 0 Å². The molecule has 2 N–H and O–H groups in total. The Hall–Kier alpha value is -2.55. The van der Waals surface area contributed by atoms with Crippen molar-refractivity contribution in [3.05, 3.63) is 96.1 Å². The number of benzene rings is 4. The van der Waals surface area contributed by atoms with Crippen molar-refractivity contribution in [2.75, 3.05) is 48.5 Å². The minimum Gasteiger partial charge on any atom is -0.343 e. The summed E-state index contributed by atoms with van der Waals surface area (Å²) in [6.07, 6.45) is 0. The molecule has 4 aromatic carbocycles. The highest BCUT2D eigenvalue weighted by Crippen LogP contribution is 2.48. The Morgan fingerprint density at radius 2 is 1.00 bits per heavy atom. The highest BCUT2D eigenvalue weighted by Gasteiger charge is 2.21. The maximum atomic E-state index is 3.62. The zero-order valence-electron chi connectivity index (χ0n) is 22.4. The summed E-state index contributed by atoms with van der Waals surface area (Å²) in [6.45, 7) is 3.87. The van der Waals surface area contributed by atoms with E-state index >= 15 is 0 Å². The highest BCUT2D eigenvalue weighted by atomic mass is 32.2. The average Bonchev–Trinajstić information content (AvgIpc) is 2.96. The molecule has 200 valence electrons. The molecule has 0 amide bonds. The van der Waals surface area contributed by atoms with E-state index in [0.29, 0.717) is 0 Å². The molecular weight excluding hydrogens is 537 g/mol. The number of anilines is 4. The van der Waals surface area contributed by atoms with Gasteiger partial charge in [0.2, 0.25) is 0 Å². The molecule has 0 unspecified atom stereocenters. The van der Waals surface area contributed by atoms with E-state index in [1.54, 1.807) is 0 Å². The van der Waals surface area contributed by atoms with Crippen LogP contribution in [0.4, 0.5) is 22.7 Å². The Labute approximate surface area is 244 Å². The van der Waals surface area contributed by atoms with Crippen molar-refractivity contribution in [1.29, 1.82) is 0 Å². The van der Waals surface area contributed by atoms with Gasteiger partial charge in [0.25, 0.3) is 0 Å². The van der Waals surface area contributed by atoms with Crippen LogP contribution >= 0.6 is 35.3 Å². The molecule has 2 aliphatic rings. The Bertz CT molecular complexity index is 1350. The monoisotopic (exact) mass is 570 g/mol. The lowest BCUT2D eigenvalue weighted by atomic mass is 10.1. The smallest absolute Gasteiger partial charge is 0.0550 e. The van der Waals surface area contributed by atoms with E-state index in [9.17, 15) is 0 Å². The molecule has 4 aromatic rings. The van der Waals surface area contributed by atoms with Gasteiger partial charge in [0, 0.05) is 71.4 Å². The van der Waals surface area contributed by atoms with Crippen molar-refractivity contribution in [1.82, 2.24) is 10.6 Å². The van der Waals surface area contributed by atoms with Crippen LogP contribution < -0.4 is 20.4 Å². The Balaban J connectivity index is 0.887. The fourth-order valence-electron chi connectivity index (χ4n) is 5.05. The van der Waals surface area contributed by atoms with E-state index in [-0.39, 0.29) is 0 Å². The van der Waals surface area contributed by atoms with Crippen molar-refractivity contribution in [2.45, 2.75) is 32.7 Å². The summed E-state index contributed by atoms with van der Waals surface area (Å²) < 4.78 is 0. The van der Waals surface area contributed by atoms with Gasteiger partial charge < -0.3 is 20.4 Å². The second-order valence-electron chi connectivity index (χ2n) is 9.83. The Kier molecular flexibility index (Phi) is 8.42.